The number of fused-ring (bicyclic) bond motifs is 1. The lowest BCUT2D eigenvalue weighted by Gasteiger charge is -2.14. The first kappa shape index (κ1) is 13.5. The fraction of sp³-hybridized carbons (Fsp3) is 0.167. The van der Waals surface area contributed by atoms with Gasteiger partial charge in [-0.05, 0) is 23.6 Å². The minimum absolute atomic E-state index is 0.491. The molecular weight excluding hydrogens is 274 g/mol. The first-order valence-corrected chi connectivity index (χ1v) is 4.99. The normalized spacial score (nSPS) is 12.9. The summed E-state index contributed by atoms with van der Waals surface area (Å²) in [5.41, 5.74) is -2.62. The summed E-state index contributed by atoms with van der Waals surface area (Å²) in [6, 6.07) is 3.28. The summed E-state index contributed by atoms with van der Waals surface area (Å²) >= 11 is 0. The summed E-state index contributed by atoms with van der Waals surface area (Å²) in [5.74, 6) is -1.09. The smallest absolute Gasteiger partial charge is 0.289 e. The Kier molecular flexibility index (Phi) is 2.87. The molecule has 0 bridgehead atoms. The third kappa shape index (κ3) is 2.32. The lowest BCUT2D eigenvalue weighted by Crippen LogP contribution is -2.09. The van der Waals surface area contributed by atoms with Crippen molar-refractivity contribution in [3.8, 4) is 5.75 Å². The third-order valence-corrected chi connectivity index (χ3v) is 2.61. The van der Waals surface area contributed by atoms with E-state index in [1.807, 2.05) is 0 Å². The highest BCUT2D eigenvalue weighted by molar-refractivity contribution is 5.94. The van der Waals surface area contributed by atoms with Gasteiger partial charge in [0.2, 0.25) is 0 Å². The van der Waals surface area contributed by atoms with Crippen molar-refractivity contribution in [1.82, 2.24) is 0 Å². The van der Waals surface area contributed by atoms with Crippen molar-refractivity contribution in [2.75, 3.05) is 0 Å². The Labute approximate surface area is 103 Å². The van der Waals surface area contributed by atoms with E-state index in [1.54, 1.807) is 0 Å². The molecule has 0 fully saturated rings. The molecule has 0 amide bonds. The van der Waals surface area contributed by atoms with Crippen LogP contribution in [0.4, 0.5) is 26.3 Å². The fourth-order valence-electron chi connectivity index (χ4n) is 1.86. The van der Waals surface area contributed by atoms with Crippen molar-refractivity contribution >= 4 is 10.8 Å². The molecule has 0 saturated heterocycles. The molecule has 0 atom stereocenters. The van der Waals surface area contributed by atoms with Gasteiger partial charge < -0.3 is 0 Å². The van der Waals surface area contributed by atoms with Crippen molar-refractivity contribution in [3.63, 3.8) is 0 Å². The van der Waals surface area contributed by atoms with E-state index in [4.69, 9.17) is 0 Å². The summed E-state index contributed by atoms with van der Waals surface area (Å²) in [6.45, 7) is 0. The minimum atomic E-state index is -4.89. The molecule has 0 saturated carbocycles. The molecule has 0 N–H and O–H groups in total. The molecular formula is C12H5F6O. The van der Waals surface area contributed by atoms with E-state index in [2.05, 4.69) is 0 Å². The van der Waals surface area contributed by atoms with Gasteiger partial charge >= 0.3 is 12.4 Å². The molecule has 0 aromatic heterocycles. The van der Waals surface area contributed by atoms with Gasteiger partial charge in [-0.1, -0.05) is 12.1 Å². The van der Waals surface area contributed by atoms with Crippen molar-refractivity contribution in [3.05, 3.63) is 41.5 Å². The van der Waals surface area contributed by atoms with Crippen LogP contribution in [-0.2, 0) is 17.5 Å². The van der Waals surface area contributed by atoms with E-state index in [9.17, 15) is 31.4 Å². The Morgan fingerprint density at radius 3 is 1.84 bits per heavy atom. The van der Waals surface area contributed by atoms with Gasteiger partial charge in [0, 0.05) is 5.39 Å². The van der Waals surface area contributed by atoms with Gasteiger partial charge in [0.15, 0.2) is 5.75 Å². The van der Waals surface area contributed by atoms with Crippen LogP contribution >= 0.6 is 0 Å². The van der Waals surface area contributed by atoms with E-state index in [0.717, 1.165) is 12.1 Å². The largest absolute Gasteiger partial charge is 0.417 e. The zero-order valence-electron chi connectivity index (χ0n) is 9.06. The summed E-state index contributed by atoms with van der Waals surface area (Å²) < 4.78 is 76.2. The van der Waals surface area contributed by atoms with Gasteiger partial charge in [-0.3, -0.25) is 5.11 Å². The maximum Gasteiger partial charge on any atom is 0.417 e. The summed E-state index contributed by atoms with van der Waals surface area (Å²) in [5, 5.41) is 9.76. The summed E-state index contributed by atoms with van der Waals surface area (Å²) in [7, 11) is 0. The van der Waals surface area contributed by atoms with Crippen molar-refractivity contribution in [2.45, 2.75) is 12.4 Å². The molecule has 0 aliphatic carbocycles. The Bertz CT molecular complexity index is 626. The van der Waals surface area contributed by atoms with E-state index in [1.165, 1.54) is 0 Å². The maximum absolute atomic E-state index is 12.7. The molecule has 0 heterocycles. The average Bonchev–Trinajstić information content (AvgIpc) is 2.25. The monoisotopic (exact) mass is 279 g/mol. The van der Waals surface area contributed by atoms with Crippen LogP contribution in [0, 0.1) is 0 Å². The number of rotatable bonds is 0. The molecule has 2 aromatic rings. The minimum Gasteiger partial charge on any atom is -0.289 e. The lowest BCUT2D eigenvalue weighted by atomic mass is 9.98. The third-order valence-electron chi connectivity index (χ3n) is 2.61. The molecule has 7 heteroatoms. The SMILES string of the molecule is [O]c1ccc(C(F)(F)F)c2cccc(C(F)(F)F)c12. The number of hydrogen-bond acceptors (Lipinski definition) is 0. The van der Waals surface area contributed by atoms with Crippen molar-refractivity contribution in [2.24, 2.45) is 0 Å². The molecule has 0 unspecified atom stereocenters. The van der Waals surface area contributed by atoms with Gasteiger partial charge in [-0.15, -0.1) is 0 Å². The first-order valence-electron chi connectivity index (χ1n) is 4.99. The van der Waals surface area contributed by atoms with E-state index in [0.29, 0.717) is 18.2 Å². The van der Waals surface area contributed by atoms with Gasteiger partial charge in [-0.2, -0.15) is 26.3 Å². The zero-order valence-corrected chi connectivity index (χ0v) is 9.06. The molecule has 0 spiro atoms. The standard InChI is InChI=1S/C12H5F6O/c13-11(14,15)7-4-5-9(19)10-6(7)2-1-3-8(10)12(16,17)18/h1-5H. The number of halogens is 6. The Morgan fingerprint density at radius 1 is 0.737 bits per heavy atom. The second-order valence-corrected chi connectivity index (χ2v) is 3.83. The van der Waals surface area contributed by atoms with E-state index < -0.39 is 40.0 Å². The highest BCUT2D eigenvalue weighted by Crippen LogP contribution is 2.43. The van der Waals surface area contributed by atoms with Crippen molar-refractivity contribution in [1.29, 1.82) is 0 Å². The second kappa shape index (κ2) is 4.04. The Morgan fingerprint density at radius 2 is 1.32 bits per heavy atom. The summed E-state index contributed by atoms with van der Waals surface area (Å²) in [4.78, 5) is 0. The lowest BCUT2D eigenvalue weighted by molar-refractivity contribution is -0.138. The Hall–Kier alpha value is -1.92. The maximum atomic E-state index is 12.7. The van der Waals surface area contributed by atoms with Crippen LogP contribution in [0.5, 0.6) is 5.75 Å². The predicted molar refractivity (Wildman–Crippen MR) is 54.1 cm³/mol. The molecule has 1 nitrogen and oxygen atoms in total. The van der Waals surface area contributed by atoms with Crippen LogP contribution in [0.3, 0.4) is 0 Å². The van der Waals surface area contributed by atoms with Crippen LogP contribution in [0.1, 0.15) is 11.1 Å². The first-order chi connectivity index (χ1) is 8.62. The number of hydrogen-bond donors (Lipinski definition) is 0. The molecule has 19 heavy (non-hydrogen) atoms. The van der Waals surface area contributed by atoms with Crippen LogP contribution in [0.25, 0.3) is 10.8 Å². The van der Waals surface area contributed by atoms with Gasteiger partial charge in [0.05, 0.1) is 11.1 Å². The van der Waals surface area contributed by atoms with Crippen molar-refractivity contribution < 1.29 is 31.4 Å². The van der Waals surface area contributed by atoms with Crippen LogP contribution < -0.4 is 0 Å². The zero-order chi connectivity index (χ0) is 14.4. The van der Waals surface area contributed by atoms with Gasteiger partial charge in [-0.25, -0.2) is 0 Å². The number of benzene rings is 2. The molecule has 0 aliphatic heterocycles. The van der Waals surface area contributed by atoms with E-state index >= 15 is 0 Å². The molecule has 0 aliphatic rings. The molecule has 2 aromatic carbocycles. The molecule has 101 valence electrons. The van der Waals surface area contributed by atoms with Gasteiger partial charge in [0.1, 0.15) is 0 Å². The average molecular weight is 279 g/mol. The molecule has 2 rings (SSSR count). The van der Waals surface area contributed by atoms with Crippen LogP contribution in [0.2, 0.25) is 0 Å². The van der Waals surface area contributed by atoms with E-state index in [-0.39, 0.29) is 0 Å². The predicted octanol–water partition coefficient (Wildman–Crippen LogP) is 5.02. The molecule has 1 radical (unpaired) electrons. The summed E-state index contributed by atoms with van der Waals surface area (Å²) in [6.07, 6.45) is -9.71. The second-order valence-electron chi connectivity index (χ2n) is 3.83. The number of alkyl halides is 6. The highest BCUT2D eigenvalue weighted by atomic mass is 19.4. The van der Waals surface area contributed by atoms with Crippen LogP contribution in [0.15, 0.2) is 30.3 Å². The van der Waals surface area contributed by atoms with Crippen LogP contribution in [-0.4, -0.2) is 0 Å². The highest BCUT2D eigenvalue weighted by Gasteiger charge is 2.37. The quantitative estimate of drug-likeness (QED) is 0.603. The van der Waals surface area contributed by atoms with Gasteiger partial charge in [0.25, 0.3) is 0 Å². The fourth-order valence-corrected chi connectivity index (χ4v) is 1.86. The Balaban J connectivity index is 2.92. The topological polar surface area (TPSA) is 19.9 Å².